The van der Waals surface area contributed by atoms with E-state index in [1.54, 1.807) is 12.1 Å². The van der Waals surface area contributed by atoms with E-state index in [0.29, 0.717) is 22.1 Å². The molecule has 0 aliphatic carbocycles. The summed E-state index contributed by atoms with van der Waals surface area (Å²) in [4.78, 5) is 16.9. The molecule has 0 saturated carbocycles. The first-order valence-electron chi connectivity index (χ1n) is 7.56. The average molecular weight is 371 g/mol. The SMILES string of the molecule is C#CCn1c(=NC(=O)COc2cccc(C)c2)sc2cc(Cl)ccc21. The first-order valence-corrected chi connectivity index (χ1v) is 8.75. The first kappa shape index (κ1) is 17.3. The van der Waals surface area contributed by atoms with Gasteiger partial charge < -0.3 is 9.30 Å². The van der Waals surface area contributed by atoms with E-state index in [2.05, 4.69) is 10.9 Å². The third-order valence-electron chi connectivity index (χ3n) is 3.47. The van der Waals surface area contributed by atoms with Crippen molar-refractivity contribution < 1.29 is 9.53 Å². The summed E-state index contributed by atoms with van der Waals surface area (Å²) in [5.74, 6) is 2.86. The molecule has 3 rings (SSSR count). The van der Waals surface area contributed by atoms with Gasteiger partial charge in [-0.05, 0) is 42.8 Å². The molecule has 1 amide bonds. The summed E-state index contributed by atoms with van der Waals surface area (Å²) in [6, 6.07) is 13.0. The minimum Gasteiger partial charge on any atom is -0.484 e. The van der Waals surface area contributed by atoms with Crippen molar-refractivity contribution in [2.24, 2.45) is 4.99 Å². The Kier molecular flexibility index (Phi) is 5.22. The van der Waals surface area contributed by atoms with Gasteiger partial charge in [0, 0.05) is 5.02 Å². The zero-order chi connectivity index (χ0) is 17.8. The molecule has 4 nitrogen and oxygen atoms in total. The summed E-state index contributed by atoms with van der Waals surface area (Å²) in [6.07, 6.45) is 5.45. The van der Waals surface area contributed by atoms with Crippen LogP contribution in [-0.2, 0) is 11.3 Å². The fraction of sp³-hybridized carbons (Fsp3) is 0.158. The number of carbonyl (C=O) groups is 1. The van der Waals surface area contributed by atoms with Crippen LogP contribution in [0.1, 0.15) is 5.56 Å². The molecule has 0 bridgehead atoms. The summed E-state index contributed by atoms with van der Waals surface area (Å²) >= 11 is 7.40. The Morgan fingerprint density at radius 3 is 2.96 bits per heavy atom. The Bertz CT molecular complexity index is 1040. The van der Waals surface area contributed by atoms with Gasteiger partial charge in [-0.3, -0.25) is 4.79 Å². The van der Waals surface area contributed by atoms with Gasteiger partial charge in [-0.25, -0.2) is 0 Å². The van der Waals surface area contributed by atoms with Crippen LogP contribution in [0.15, 0.2) is 47.5 Å². The van der Waals surface area contributed by atoms with E-state index in [1.807, 2.05) is 41.8 Å². The van der Waals surface area contributed by atoms with Crippen LogP contribution in [0.5, 0.6) is 5.75 Å². The highest BCUT2D eigenvalue weighted by atomic mass is 35.5. The maximum absolute atomic E-state index is 12.2. The third-order valence-corrected chi connectivity index (χ3v) is 4.74. The molecular formula is C19H15ClN2O2S. The number of nitrogens with zero attached hydrogens (tertiary/aromatic N) is 2. The molecule has 1 heterocycles. The molecule has 6 heteroatoms. The second-order valence-corrected chi connectivity index (χ2v) is 6.84. The number of ether oxygens (including phenoxy) is 1. The summed E-state index contributed by atoms with van der Waals surface area (Å²) in [6.45, 7) is 2.16. The Morgan fingerprint density at radius 2 is 2.20 bits per heavy atom. The van der Waals surface area contributed by atoms with Gasteiger partial charge in [0.2, 0.25) is 0 Å². The molecule has 0 spiro atoms. The second-order valence-electron chi connectivity index (χ2n) is 5.40. The molecule has 126 valence electrons. The van der Waals surface area contributed by atoms with Crippen molar-refractivity contribution in [3.8, 4) is 18.1 Å². The molecule has 0 unspecified atom stereocenters. The minimum atomic E-state index is -0.370. The number of carbonyl (C=O) groups excluding carboxylic acids is 1. The Balaban J connectivity index is 1.88. The van der Waals surface area contributed by atoms with Gasteiger partial charge in [-0.1, -0.05) is 41.0 Å². The monoisotopic (exact) mass is 370 g/mol. The Hall–Kier alpha value is -2.55. The predicted octanol–water partition coefficient (Wildman–Crippen LogP) is 3.80. The van der Waals surface area contributed by atoms with Crippen molar-refractivity contribution in [2.45, 2.75) is 13.5 Å². The Labute approximate surface area is 154 Å². The van der Waals surface area contributed by atoms with E-state index in [1.165, 1.54) is 11.3 Å². The van der Waals surface area contributed by atoms with Gasteiger partial charge in [0.15, 0.2) is 11.4 Å². The fourth-order valence-electron chi connectivity index (χ4n) is 2.37. The molecular weight excluding hydrogens is 356 g/mol. The molecule has 0 aliphatic heterocycles. The maximum atomic E-state index is 12.2. The van der Waals surface area contributed by atoms with Crippen LogP contribution in [0.4, 0.5) is 0 Å². The summed E-state index contributed by atoms with van der Waals surface area (Å²) < 4.78 is 8.25. The number of hydrogen-bond donors (Lipinski definition) is 0. The van der Waals surface area contributed by atoms with Gasteiger partial charge in [0.1, 0.15) is 5.75 Å². The van der Waals surface area contributed by atoms with Gasteiger partial charge >= 0.3 is 0 Å². The molecule has 0 aliphatic rings. The Morgan fingerprint density at radius 1 is 1.36 bits per heavy atom. The lowest BCUT2D eigenvalue weighted by Crippen LogP contribution is -2.19. The first-order chi connectivity index (χ1) is 12.1. The minimum absolute atomic E-state index is 0.130. The van der Waals surface area contributed by atoms with Crippen LogP contribution in [0.25, 0.3) is 10.2 Å². The molecule has 1 aromatic heterocycles. The van der Waals surface area contributed by atoms with E-state index in [0.717, 1.165) is 15.8 Å². The van der Waals surface area contributed by atoms with Crippen molar-refractivity contribution >= 4 is 39.1 Å². The molecule has 0 N–H and O–H groups in total. The van der Waals surface area contributed by atoms with Crippen molar-refractivity contribution in [3.63, 3.8) is 0 Å². The van der Waals surface area contributed by atoms with Crippen LogP contribution in [0.2, 0.25) is 5.02 Å². The maximum Gasteiger partial charge on any atom is 0.286 e. The third kappa shape index (κ3) is 4.11. The second kappa shape index (κ2) is 7.56. The van der Waals surface area contributed by atoms with E-state index in [-0.39, 0.29) is 12.5 Å². The molecule has 0 radical (unpaired) electrons. The zero-order valence-corrected chi connectivity index (χ0v) is 15.1. The van der Waals surface area contributed by atoms with E-state index < -0.39 is 0 Å². The predicted molar refractivity (Wildman–Crippen MR) is 101 cm³/mol. The highest BCUT2D eigenvalue weighted by molar-refractivity contribution is 7.16. The molecule has 0 saturated heterocycles. The lowest BCUT2D eigenvalue weighted by atomic mass is 10.2. The van der Waals surface area contributed by atoms with Crippen molar-refractivity contribution in [2.75, 3.05) is 6.61 Å². The van der Waals surface area contributed by atoms with Gasteiger partial charge in [0.25, 0.3) is 5.91 Å². The fourth-order valence-corrected chi connectivity index (χ4v) is 3.69. The lowest BCUT2D eigenvalue weighted by molar-refractivity contribution is -0.120. The topological polar surface area (TPSA) is 43.6 Å². The lowest BCUT2D eigenvalue weighted by Gasteiger charge is -2.04. The number of halogens is 1. The summed E-state index contributed by atoms with van der Waals surface area (Å²) in [5, 5.41) is 0.627. The highest BCUT2D eigenvalue weighted by Gasteiger charge is 2.08. The molecule has 0 fully saturated rings. The van der Waals surface area contributed by atoms with E-state index in [9.17, 15) is 4.79 Å². The van der Waals surface area contributed by atoms with Crippen LogP contribution in [-0.4, -0.2) is 17.1 Å². The highest BCUT2D eigenvalue weighted by Crippen LogP contribution is 2.21. The number of aromatic nitrogens is 1. The number of amides is 1. The van der Waals surface area contributed by atoms with Crippen molar-refractivity contribution in [3.05, 3.63) is 57.9 Å². The molecule has 25 heavy (non-hydrogen) atoms. The van der Waals surface area contributed by atoms with Crippen LogP contribution < -0.4 is 9.54 Å². The molecule has 2 aromatic carbocycles. The number of hydrogen-bond acceptors (Lipinski definition) is 3. The van der Waals surface area contributed by atoms with Crippen LogP contribution in [0.3, 0.4) is 0 Å². The zero-order valence-electron chi connectivity index (χ0n) is 13.5. The van der Waals surface area contributed by atoms with Gasteiger partial charge in [-0.15, -0.1) is 6.42 Å². The van der Waals surface area contributed by atoms with Crippen LogP contribution >= 0.6 is 22.9 Å². The van der Waals surface area contributed by atoms with Crippen LogP contribution in [0, 0.1) is 19.3 Å². The number of terminal acetylenes is 1. The number of rotatable bonds is 4. The molecule has 3 aromatic rings. The summed E-state index contributed by atoms with van der Waals surface area (Å²) in [5.41, 5.74) is 1.97. The normalized spacial score (nSPS) is 11.5. The summed E-state index contributed by atoms with van der Waals surface area (Å²) in [7, 11) is 0. The average Bonchev–Trinajstić information content (AvgIpc) is 2.90. The number of benzene rings is 2. The standard InChI is InChI=1S/C19H15ClN2O2S/c1-3-9-22-16-8-7-14(20)11-17(16)25-19(22)21-18(23)12-24-15-6-4-5-13(2)10-15/h1,4-8,10-11H,9,12H2,2H3. The number of thiazole rings is 1. The molecule has 0 atom stereocenters. The van der Waals surface area contributed by atoms with E-state index >= 15 is 0 Å². The largest absolute Gasteiger partial charge is 0.484 e. The number of aryl methyl sites for hydroxylation is 1. The quantitative estimate of drug-likeness (QED) is 0.655. The van der Waals surface area contributed by atoms with Crippen molar-refractivity contribution in [1.82, 2.24) is 4.57 Å². The van der Waals surface area contributed by atoms with Gasteiger partial charge in [-0.2, -0.15) is 4.99 Å². The number of fused-ring (bicyclic) bond motifs is 1. The van der Waals surface area contributed by atoms with E-state index in [4.69, 9.17) is 22.8 Å². The van der Waals surface area contributed by atoms with Crippen molar-refractivity contribution in [1.29, 1.82) is 0 Å². The smallest absolute Gasteiger partial charge is 0.286 e. The van der Waals surface area contributed by atoms with Gasteiger partial charge in [0.05, 0.1) is 16.8 Å².